The number of hydrogen-bond acceptors (Lipinski definition) is 6. The molecule has 0 fully saturated rings. The van der Waals surface area contributed by atoms with Gasteiger partial charge in [-0.3, -0.25) is 4.99 Å². The molecule has 34 heavy (non-hydrogen) atoms. The summed E-state index contributed by atoms with van der Waals surface area (Å²) in [5, 5.41) is 13.3. The molecule has 0 saturated heterocycles. The summed E-state index contributed by atoms with van der Waals surface area (Å²) in [5.74, 6) is 1.82. The molecule has 0 spiro atoms. The molecular formula is C26H32N4O4. The Hall–Kier alpha value is -3.75. The molecule has 8 nitrogen and oxygen atoms in total. The van der Waals surface area contributed by atoms with E-state index in [9.17, 15) is 5.11 Å². The van der Waals surface area contributed by atoms with Crippen LogP contribution in [0.25, 0.3) is 0 Å². The Morgan fingerprint density at radius 2 is 1.44 bits per heavy atom. The van der Waals surface area contributed by atoms with Crippen LogP contribution in [0.15, 0.2) is 83.9 Å². The van der Waals surface area contributed by atoms with E-state index in [1.807, 2.05) is 66.7 Å². The van der Waals surface area contributed by atoms with Gasteiger partial charge in [0.05, 0.1) is 6.54 Å². The van der Waals surface area contributed by atoms with E-state index in [0.717, 1.165) is 11.1 Å². The predicted molar refractivity (Wildman–Crippen MR) is 133 cm³/mol. The van der Waals surface area contributed by atoms with Crippen LogP contribution in [0.2, 0.25) is 0 Å². The zero-order chi connectivity index (χ0) is 24.0. The molecule has 0 saturated carbocycles. The highest BCUT2D eigenvalue weighted by atomic mass is 16.5. The topological polar surface area (TPSA) is 124 Å². The summed E-state index contributed by atoms with van der Waals surface area (Å²) >= 11 is 0. The quantitative estimate of drug-likeness (QED) is 0.164. The Balaban J connectivity index is 1.58. The van der Waals surface area contributed by atoms with Crippen LogP contribution in [0.5, 0.6) is 17.2 Å². The van der Waals surface area contributed by atoms with Crippen molar-refractivity contribution in [2.75, 3.05) is 26.2 Å². The van der Waals surface area contributed by atoms with Crippen LogP contribution in [0.3, 0.4) is 0 Å². The fourth-order valence-corrected chi connectivity index (χ4v) is 3.06. The molecule has 0 aromatic heterocycles. The second-order valence-electron chi connectivity index (χ2n) is 7.63. The van der Waals surface area contributed by atoms with Crippen molar-refractivity contribution < 1.29 is 19.3 Å². The zero-order valence-corrected chi connectivity index (χ0v) is 19.1. The van der Waals surface area contributed by atoms with Crippen LogP contribution < -0.4 is 31.0 Å². The molecule has 1 atom stereocenters. The third kappa shape index (κ3) is 9.01. The number of guanidine groups is 1. The van der Waals surface area contributed by atoms with Crippen LogP contribution in [0.1, 0.15) is 11.1 Å². The lowest BCUT2D eigenvalue weighted by atomic mass is 10.2. The zero-order valence-electron chi connectivity index (χ0n) is 19.1. The summed E-state index contributed by atoms with van der Waals surface area (Å²) in [6.07, 6.45) is -0.693. The van der Waals surface area contributed by atoms with Gasteiger partial charge in [0.2, 0.25) is 0 Å². The Kier molecular flexibility index (Phi) is 10.0. The van der Waals surface area contributed by atoms with Gasteiger partial charge in [-0.05, 0) is 23.3 Å². The molecule has 0 radical (unpaired) electrons. The van der Waals surface area contributed by atoms with Crippen molar-refractivity contribution in [1.82, 2.24) is 5.32 Å². The van der Waals surface area contributed by atoms with Crippen LogP contribution in [0, 0.1) is 0 Å². The Bertz CT molecular complexity index is 1010. The molecule has 0 unspecified atom stereocenters. The minimum absolute atomic E-state index is 0.0483. The van der Waals surface area contributed by atoms with E-state index < -0.39 is 6.10 Å². The number of nitrogens with two attached hydrogens (primary N) is 2. The lowest BCUT2D eigenvalue weighted by Gasteiger charge is -2.16. The molecule has 6 N–H and O–H groups in total. The maximum atomic E-state index is 10.2. The summed E-state index contributed by atoms with van der Waals surface area (Å²) in [6.45, 7) is 2.30. The van der Waals surface area contributed by atoms with E-state index in [4.69, 9.17) is 25.7 Å². The molecule has 0 aliphatic heterocycles. The van der Waals surface area contributed by atoms with Crippen molar-refractivity contribution in [2.24, 2.45) is 16.5 Å². The van der Waals surface area contributed by atoms with Crippen LogP contribution in [0.4, 0.5) is 0 Å². The largest absolute Gasteiger partial charge is 0.491 e. The second-order valence-corrected chi connectivity index (χ2v) is 7.63. The minimum Gasteiger partial charge on any atom is -0.491 e. The highest BCUT2D eigenvalue weighted by molar-refractivity contribution is 5.75. The predicted octanol–water partition coefficient (Wildman–Crippen LogP) is 2.45. The Morgan fingerprint density at radius 3 is 2.06 bits per heavy atom. The summed E-state index contributed by atoms with van der Waals surface area (Å²) < 4.78 is 17.9. The van der Waals surface area contributed by atoms with Crippen molar-refractivity contribution in [3.8, 4) is 17.2 Å². The number of aliphatic imine (C=N–C) groups is 1. The third-order valence-electron chi connectivity index (χ3n) is 4.79. The van der Waals surface area contributed by atoms with Crippen LogP contribution in [-0.2, 0) is 13.2 Å². The first-order chi connectivity index (χ1) is 16.6. The highest BCUT2D eigenvalue weighted by Crippen LogP contribution is 2.33. The third-order valence-corrected chi connectivity index (χ3v) is 4.79. The SMILES string of the molecule is NC(N)=NCCNC[C@@H](O)COc1ccc(OCc2ccccc2)c(OCc2ccccc2)c1. The molecule has 0 amide bonds. The first-order valence-corrected chi connectivity index (χ1v) is 11.1. The van der Waals surface area contributed by atoms with Gasteiger partial charge in [-0.15, -0.1) is 0 Å². The van der Waals surface area contributed by atoms with Gasteiger partial charge in [0, 0.05) is 19.2 Å². The summed E-state index contributed by atoms with van der Waals surface area (Å²) in [4.78, 5) is 3.88. The van der Waals surface area contributed by atoms with Gasteiger partial charge in [-0.2, -0.15) is 0 Å². The number of aliphatic hydroxyl groups is 1. The molecule has 0 aliphatic rings. The van der Waals surface area contributed by atoms with Crippen molar-refractivity contribution in [2.45, 2.75) is 19.3 Å². The monoisotopic (exact) mass is 464 g/mol. The standard InChI is InChI=1S/C26H32N4O4/c27-26(28)30-14-13-29-16-22(31)19-32-23-11-12-24(33-17-20-7-3-1-4-8-20)25(15-23)34-18-21-9-5-2-6-10-21/h1-12,15,22,29,31H,13-14,16-19H2,(H4,27,28,30)/t22-/m1/s1. The first kappa shape index (κ1) is 24.9. The van der Waals surface area contributed by atoms with Crippen LogP contribution >= 0.6 is 0 Å². The summed E-state index contributed by atoms with van der Waals surface area (Å²) in [7, 11) is 0. The molecule has 0 aliphatic carbocycles. The van der Waals surface area contributed by atoms with Crippen molar-refractivity contribution in [1.29, 1.82) is 0 Å². The highest BCUT2D eigenvalue weighted by Gasteiger charge is 2.11. The van der Waals surface area contributed by atoms with Crippen molar-refractivity contribution >= 4 is 5.96 Å². The molecule has 3 rings (SSSR count). The summed E-state index contributed by atoms with van der Waals surface area (Å²) in [5.41, 5.74) is 12.7. The first-order valence-electron chi connectivity index (χ1n) is 11.1. The van der Waals surface area contributed by atoms with Gasteiger partial charge in [0.1, 0.15) is 31.7 Å². The normalized spacial score (nSPS) is 11.4. The molecular weight excluding hydrogens is 432 g/mol. The number of hydrogen-bond donors (Lipinski definition) is 4. The molecule has 3 aromatic carbocycles. The van der Waals surface area contributed by atoms with E-state index in [-0.39, 0.29) is 12.6 Å². The number of nitrogens with one attached hydrogen (secondary N) is 1. The maximum Gasteiger partial charge on any atom is 0.185 e. The fraction of sp³-hybridized carbons (Fsp3) is 0.269. The number of ether oxygens (including phenoxy) is 3. The van der Waals surface area contributed by atoms with Crippen molar-refractivity contribution in [3.63, 3.8) is 0 Å². The van der Waals surface area contributed by atoms with E-state index in [0.29, 0.717) is 50.1 Å². The fourth-order valence-electron chi connectivity index (χ4n) is 3.06. The number of aliphatic hydroxyl groups excluding tert-OH is 1. The van der Waals surface area contributed by atoms with Gasteiger partial charge < -0.3 is 36.1 Å². The molecule has 0 bridgehead atoms. The second kappa shape index (κ2) is 13.7. The van der Waals surface area contributed by atoms with E-state index in [2.05, 4.69) is 10.3 Å². The molecule has 8 heteroatoms. The Labute approximate surface area is 200 Å². The van der Waals surface area contributed by atoms with Crippen molar-refractivity contribution in [3.05, 3.63) is 90.0 Å². The number of nitrogens with zero attached hydrogens (tertiary/aromatic N) is 1. The van der Waals surface area contributed by atoms with Gasteiger partial charge in [-0.1, -0.05) is 60.7 Å². The minimum atomic E-state index is -0.693. The average molecular weight is 465 g/mol. The number of benzene rings is 3. The lowest BCUT2D eigenvalue weighted by molar-refractivity contribution is 0.106. The lowest BCUT2D eigenvalue weighted by Crippen LogP contribution is -2.33. The molecule has 0 heterocycles. The smallest absolute Gasteiger partial charge is 0.185 e. The van der Waals surface area contributed by atoms with E-state index >= 15 is 0 Å². The van der Waals surface area contributed by atoms with Gasteiger partial charge in [0.15, 0.2) is 17.5 Å². The van der Waals surface area contributed by atoms with Gasteiger partial charge >= 0.3 is 0 Å². The van der Waals surface area contributed by atoms with Gasteiger partial charge in [-0.25, -0.2) is 0 Å². The van der Waals surface area contributed by atoms with E-state index in [1.54, 1.807) is 12.1 Å². The molecule has 3 aromatic rings. The maximum absolute atomic E-state index is 10.2. The van der Waals surface area contributed by atoms with Crippen LogP contribution in [-0.4, -0.2) is 43.4 Å². The number of rotatable bonds is 14. The summed E-state index contributed by atoms with van der Waals surface area (Å²) in [6, 6.07) is 25.2. The van der Waals surface area contributed by atoms with E-state index in [1.165, 1.54) is 0 Å². The molecule has 180 valence electrons. The van der Waals surface area contributed by atoms with Gasteiger partial charge in [0.25, 0.3) is 0 Å². The average Bonchev–Trinajstić information content (AvgIpc) is 2.86. The Morgan fingerprint density at radius 1 is 0.824 bits per heavy atom.